The largest absolute Gasteiger partial charge is 0.416 e. The molecule has 0 spiro atoms. The van der Waals surface area contributed by atoms with Gasteiger partial charge in [0.2, 0.25) is 5.91 Å². The number of fused-ring (bicyclic) bond motifs is 1. The van der Waals surface area contributed by atoms with Crippen molar-refractivity contribution in [2.24, 2.45) is 0 Å². The van der Waals surface area contributed by atoms with Crippen molar-refractivity contribution in [2.45, 2.75) is 55.8 Å². The van der Waals surface area contributed by atoms with Crippen molar-refractivity contribution in [3.05, 3.63) is 135 Å². The first-order chi connectivity index (χ1) is 28.6. The van der Waals surface area contributed by atoms with E-state index in [0.29, 0.717) is 60.3 Å². The van der Waals surface area contributed by atoms with Gasteiger partial charge in [0.25, 0.3) is 0 Å². The van der Waals surface area contributed by atoms with Crippen LogP contribution in [0.5, 0.6) is 0 Å². The summed E-state index contributed by atoms with van der Waals surface area (Å²) in [4.78, 5) is 32.3. The smallest absolute Gasteiger partial charge is 0.383 e. The fourth-order valence-electron chi connectivity index (χ4n) is 6.06. The average molecular weight is 758 g/mol. The molecule has 53 heavy (non-hydrogen) atoms. The van der Waals surface area contributed by atoms with Crippen molar-refractivity contribution >= 4 is 28.6 Å². The number of benzene rings is 4. The van der Waals surface area contributed by atoms with E-state index in [0.717, 1.165) is 30.3 Å². The lowest BCUT2D eigenvalue weighted by Crippen LogP contribution is -2.48. The number of hydrogen-bond acceptors (Lipinski definition) is 5. The molecule has 2 heterocycles. The maximum Gasteiger partial charge on any atom is 0.416 e. The Morgan fingerprint density at radius 2 is 1.68 bits per heavy atom. The van der Waals surface area contributed by atoms with Gasteiger partial charge in [0.1, 0.15) is 6.50 Å². The summed E-state index contributed by atoms with van der Waals surface area (Å²) < 4.78 is 147. The van der Waals surface area contributed by atoms with Gasteiger partial charge < -0.3 is 19.1 Å². The van der Waals surface area contributed by atoms with Gasteiger partial charge in [-0.1, -0.05) is 60.1 Å². The minimum absolute atomic E-state index is 0.0615. The normalized spacial score (nSPS) is 16.9. The number of hydrogen-bond donors (Lipinski definition) is 0. The average Bonchev–Trinajstić information content (AvgIpc) is 3.22. The van der Waals surface area contributed by atoms with Crippen molar-refractivity contribution in [3.63, 3.8) is 0 Å². The van der Waals surface area contributed by atoms with Crippen LogP contribution in [-0.2, 0) is 34.5 Å². The fraction of sp³-hybridized carbons (Fsp3) is 0.317. The lowest BCUT2D eigenvalue weighted by molar-refractivity contribution is -0.137. The van der Waals surface area contributed by atoms with Crippen molar-refractivity contribution in [1.82, 2.24) is 14.4 Å². The number of carbonyl (C=O) groups excluding carboxylic acids is 1. The van der Waals surface area contributed by atoms with Crippen LogP contribution < -0.4 is 5.43 Å². The molecule has 0 atom stereocenters. The van der Waals surface area contributed by atoms with Gasteiger partial charge in [-0.15, -0.1) is 11.8 Å². The number of pyridine rings is 1. The number of piperidine rings is 1. The number of methoxy groups -OCH3 is 1. The molecule has 1 amide bonds. The number of likely N-dealkylation sites (tertiary alicyclic amines) is 1. The number of carbonyl (C=O) groups is 1. The van der Waals surface area contributed by atoms with Gasteiger partial charge in [-0.25, -0.2) is 8.78 Å². The number of ether oxygens (including phenoxy) is 1. The number of rotatable bonds is 12. The summed E-state index contributed by atoms with van der Waals surface area (Å²) in [5, 5.41) is -1.55. The molecule has 1 aromatic heterocycles. The predicted molar refractivity (Wildman–Crippen MR) is 198 cm³/mol. The maximum atomic E-state index is 15.1. The summed E-state index contributed by atoms with van der Waals surface area (Å²) in [6.07, 6.45) is -3.82. The zero-order chi connectivity index (χ0) is 44.8. The van der Waals surface area contributed by atoms with Crippen LogP contribution in [0.25, 0.3) is 22.0 Å². The molecule has 1 fully saturated rings. The second kappa shape index (κ2) is 16.7. The van der Waals surface area contributed by atoms with Gasteiger partial charge in [-0.3, -0.25) is 9.59 Å². The van der Waals surface area contributed by atoms with Crippen molar-refractivity contribution in [2.75, 3.05) is 33.4 Å². The van der Waals surface area contributed by atoms with E-state index in [2.05, 4.69) is 4.90 Å². The number of amides is 1. The third-order valence-electron chi connectivity index (χ3n) is 8.93. The van der Waals surface area contributed by atoms with Crippen molar-refractivity contribution in [3.8, 4) is 11.1 Å². The number of alkyl halides is 3. The second-order valence-corrected chi connectivity index (χ2v) is 13.3. The molecule has 0 N–H and O–H groups in total. The van der Waals surface area contributed by atoms with Crippen LogP contribution in [0, 0.1) is 18.6 Å². The first kappa shape index (κ1) is 28.9. The van der Waals surface area contributed by atoms with E-state index in [-0.39, 0.29) is 23.9 Å². The van der Waals surface area contributed by atoms with Crippen LogP contribution in [0.4, 0.5) is 22.0 Å². The van der Waals surface area contributed by atoms with Gasteiger partial charge >= 0.3 is 6.18 Å². The monoisotopic (exact) mass is 757 g/mol. The van der Waals surface area contributed by atoms with Gasteiger partial charge in [-0.2, -0.15) is 13.2 Å². The molecule has 1 saturated heterocycles. The summed E-state index contributed by atoms with van der Waals surface area (Å²) in [5.41, 5.74) is -5.30. The number of halogens is 5. The molecular weight excluding hydrogens is 710 g/mol. The highest BCUT2D eigenvalue weighted by Crippen LogP contribution is 2.32. The highest BCUT2D eigenvalue weighted by Gasteiger charge is 2.31. The van der Waals surface area contributed by atoms with Crippen LogP contribution in [0.1, 0.15) is 46.1 Å². The molecule has 278 valence electrons. The molecule has 5 aromatic rings. The molecule has 0 saturated carbocycles. The third-order valence-corrected chi connectivity index (χ3v) is 9.73. The van der Waals surface area contributed by atoms with E-state index in [9.17, 15) is 25.1 Å². The Bertz CT molecular complexity index is 2520. The predicted octanol–water partition coefficient (Wildman–Crippen LogP) is 8.71. The Balaban J connectivity index is 1.49. The van der Waals surface area contributed by atoms with Gasteiger partial charge in [0.15, 0.2) is 17.1 Å². The quantitative estimate of drug-likeness (QED) is 0.0942. The minimum atomic E-state index is -4.52. The number of aromatic nitrogens is 1. The summed E-state index contributed by atoms with van der Waals surface area (Å²) in [6, 6.07) is 10.0. The number of nitrogens with zero attached hydrogens (tertiary/aromatic N) is 3. The molecule has 12 heteroatoms. The molecule has 0 aliphatic carbocycles. The standard InChI is InChI=1S/C41H40F5N3O3S/c1-27-6-15-36-34(22-27)37(50)23-39(53-26-31-4-3-5-35(42)40(31)43)49(36)25-38(51)48(33-16-18-47(19-17-33)20-21-52-2)24-28-7-9-29(10-8-28)30-11-13-32(14-12-30)41(44,45)46/h3-15,22-23,33H,16-21,24-26H2,1-2H3/i6D,15D,22D,23D,25D2,26D2. The SMILES string of the molecule is [2H]c1c(C)c([2H])c2c(=O)c([2H])c(SC([2H])([2H])c3cccc(F)c3F)n(C([2H])([2H])C(=O)N(Cc3ccc(-c4ccc(C(F)(F)F)cc4)cc3)C3CCN(CCOC)CC3)c2c1[2H]. The first-order valence-corrected chi connectivity index (χ1v) is 17.5. The Hall–Kier alpha value is -4.52. The summed E-state index contributed by atoms with van der Waals surface area (Å²) in [5.74, 6) is -4.25. The van der Waals surface area contributed by atoms with Crippen LogP contribution in [0.15, 0.2) is 101 Å². The van der Waals surface area contributed by atoms with Crippen molar-refractivity contribution < 1.29 is 42.4 Å². The van der Waals surface area contributed by atoms with Crippen molar-refractivity contribution in [1.29, 1.82) is 0 Å². The van der Waals surface area contributed by atoms with Crippen LogP contribution in [-0.4, -0.2) is 59.7 Å². The molecule has 0 bridgehead atoms. The fourth-order valence-corrected chi connectivity index (χ4v) is 6.80. The lowest BCUT2D eigenvalue weighted by Gasteiger charge is -2.39. The molecule has 1 aliphatic heterocycles. The van der Waals surface area contributed by atoms with Gasteiger partial charge in [0, 0.05) is 64.8 Å². The zero-order valence-corrected chi connectivity index (χ0v) is 29.6. The highest BCUT2D eigenvalue weighted by atomic mass is 32.2. The van der Waals surface area contributed by atoms with E-state index in [1.54, 1.807) is 31.4 Å². The van der Waals surface area contributed by atoms with E-state index < -0.39 is 98.6 Å². The topological polar surface area (TPSA) is 54.8 Å². The molecule has 0 radical (unpaired) electrons. The Morgan fingerprint density at radius 1 is 1.00 bits per heavy atom. The van der Waals surface area contributed by atoms with Crippen LogP contribution in [0.3, 0.4) is 0 Å². The van der Waals surface area contributed by atoms with E-state index in [4.69, 9.17) is 13.0 Å². The second-order valence-electron chi connectivity index (χ2n) is 12.5. The molecular formula is C41H40F5N3O3S. The Labute approximate surface area is 320 Å². The zero-order valence-electron chi connectivity index (χ0n) is 36.7. The van der Waals surface area contributed by atoms with Crippen LogP contribution in [0.2, 0.25) is 0 Å². The summed E-state index contributed by atoms with van der Waals surface area (Å²) in [7, 11) is 1.56. The number of thioether (sulfide) groups is 1. The first-order valence-electron chi connectivity index (χ1n) is 20.7. The molecule has 6 rings (SSSR count). The van der Waals surface area contributed by atoms with Crippen LogP contribution >= 0.6 is 11.8 Å². The highest BCUT2D eigenvalue weighted by molar-refractivity contribution is 7.98. The van der Waals surface area contributed by atoms with E-state index in [1.807, 2.05) is 0 Å². The Morgan fingerprint density at radius 3 is 2.34 bits per heavy atom. The third kappa shape index (κ3) is 9.17. The Kier molecular flexibility index (Phi) is 9.09. The lowest BCUT2D eigenvalue weighted by atomic mass is 10.00. The molecule has 6 nitrogen and oxygen atoms in total. The minimum Gasteiger partial charge on any atom is -0.383 e. The van der Waals surface area contributed by atoms with Gasteiger partial charge in [0.05, 0.1) is 30.9 Å². The van der Waals surface area contributed by atoms with E-state index >= 15 is 9.18 Å². The molecule has 0 unspecified atom stereocenters. The van der Waals surface area contributed by atoms with E-state index in [1.165, 1.54) is 24.0 Å². The van der Waals surface area contributed by atoms with Gasteiger partial charge in [-0.05, 0) is 66.7 Å². The summed E-state index contributed by atoms with van der Waals surface area (Å²) >= 11 is -0.0615. The molecule has 1 aliphatic rings. The maximum absolute atomic E-state index is 15.1. The molecule has 4 aromatic carbocycles. The summed E-state index contributed by atoms with van der Waals surface area (Å²) in [6.45, 7) is -0.346.